The van der Waals surface area contributed by atoms with E-state index < -0.39 is 23.9 Å². The van der Waals surface area contributed by atoms with Crippen molar-refractivity contribution >= 4 is 16.7 Å². The van der Waals surface area contributed by atoms with Crippen molar-refractivity contribution in [2.75, 3.05) is 13.7 Å². The third kappa shape index (κ3) is 3.45. The van der Waals surface area contributed by atoms with Gasteiger partial charge < -0.3 is 9.47 Å². The first kappa shape index (κ1) is 19.1. The summed E-state index contributed by atoms with van der Waals surface area (Å²) in [5.74, 6) is -0.642. The molecule has 2 aromatic carbocycles. The monoisotopic (exact) mass is 380 g/mol. The molecule has 28 heavy (non-hydrogen) atoms. The molecule has 0 unspecified atom stereocenters. The average molecular weight is 380 g/mol. The molecule has 0 atom stereocenters. The van der Waals surface area contributed by atoms with E-state index in [1.807, 2.05) is 6.07 Å². The average Bonchev–Trinajstić information content (AvgIpc) is 2.69. The molecule has 0 saturated carbocycles. The van der Waals surface area contributed by atoms with E-state index >= 15 is 0 Å². The van der Waals surface area contributed by atoms with Crippen LogP contribution in [0.5, 0.6) is 5.75 Å². The van der Waals surface area contributed by atoms with Crippen LogP contribution in [0.25, 0.3) is 21.9 Å². The summed E-state index contributed by atoms with van der Waals surface area (Å²) in [5.41, 5.74) is 0.194. The topological polar surface area (TPSA) is 81.3 Å². The number of hydrogen-bond acceptors (Lipinski definition) is 5. The predicted molar refractivity (Wildman–Crippen MR) is 102 cm³/mol. The molecule has 0 bridgehead atoms. The van der Waals surface area contributed by atoms with Gasteiger partial charge >= 0.3 is 5.97 Å². The Labute approximate surface area is 160 Å². The number of benzene rings is 2. The number of carbonyl (C=O) groups is 1. The highest BCUT2D eigenvalue weighted by atomic mass is 19.1. The van der Waals surface area contributed by atoms with Crippen LogP contribution in [0.3, 0.4) is 0 Å². The molecule has 0 aliphatic heterocycles. The Morgan fingerprint density at radius 3 is 2.64 bits per heavy atom. The van der Waals surface area contributed by atoms with Crippen LogP contribution in [0.15, 0.2) is 47.3 Å². The Balaban J connectivity index is 2.43. The van der Waals surface area contributed by atoms with Gasteiger partial charge in [0.1, 0.15) is 29.9 Å². The molecule has 0 aliphatic carbocycles. The summed E-state index contributed by atoms with van der Waals surface area (Å²) < 4.78 is 25.1. The molecule has 0 radical (unpaired) electrons. The van der Waals surface area contributed by atoms with Gasteiger partial charge in [0.15, 0.2) is 0 Å². The van der Waals surface area contributed by atoms with Crippen LogP contribution in [0.2, 0.25) is 0 Å². The SMILES string of the molecule is CCOC(=O)Cn1c(C#N)c(-c2cccc(F)c2)c2cc(OC)ccc2c1=O. The molecule has 7 heteroatoms. The molecule has 0 amide bonds. The maximum atomic E-state index is 13.9. The van der Waals surface area contributed by atoms with Gasteiger partial charge in [0.05, 0.1) is 13.7 Å². The van der Waals surface area contributed by atoms with Crippen LogP contribution in [-0.4, -0.2) is 24.3 Å². The molecule has 1 heterocycles. The number of esters is 1. The summed E-state index contributed by atoms with van der Waals surface area (Å²) in [6.07, 6.45) is 0. The number of pyridine rings is 1. The molecule has 3 rings (SSSR count). The van der Waals surface area contributed by atoms with E-state index in [0.29, 0.717) is 22.3 Å². The molecule has 0 spiro atoms. The van der Waals surface area contributed by atoms with Crippen molar-refractivity contribution in [1.29, 1.82) is 5.26 Å². The summed E-state index contributed by atoms with van der Waals surface area (Å²) in [4.78, 5) is 25.0. The molecule has 0 fully saturated rings. The summed E-state index contributed by atoms with van der Waals surface area (Å²) >= 11 is 0. The highest BCUT2D eigenvalue weighted by Gasteiger charge is 2.21. The fraction of sp³-hybridized carbons (Fsp3) is 0.190. The Morgan fingerprint density at radius 2 is 2.00 bits per heavy atom. The molecule has 3 aromatic rings. The lowest BCUT2D eigenvalue weighted by Crippen LogP contribution is -2.28. The van der Waals surface area contributed by atoms with E-state index in [0.717, 1.165) is 4.57 Å². The van der Waals surface area contributed by atoms with Crippen molar-refractivity contribution in [3.05, 3.63) is 64.3 Å². The number of fused-ring (bicyclic) bond motifs is 1. The van der Waals surface area contributed by atoms with Crippen LogP contribution in [0, 0.1) is 17.1 Å². The molecule has 0 saturated heterocycles. The summed E-state index contributed by atoms with van der Waals surface area (Å²) in [6, 6.07) is 12.5. The zero-order valence-electron chi connectivity index (χ0n) is 15.4. The van der Waals surface area contributed by atoms with E-state index in [1.165, 1.54) is 25.3 Å². The number of rotatable bonds is 5. The Hall–Kier alpha value is -3.66. The highest BCUT2D eigenvalue weighted by Crippen LogP contribution is 2.33. The van der Waals surface area contributed by atoms with Crippen molar-refractivity contribution < 1.29 is 18.7 Å². The van der Waals surface area contributed by atoms with Gasteiger partial charge in [-0.15, -0.1) is 0 Å². The minimum Gasteiger partial charge on any atom is -0.497 e. The predicted octanol–water partition coefficient (Wildman–Crippen LogP) is 3.25. The van der Waals surface area contributed by atoms with Crippen molar-refractivity contribution in [1.82, 2.24) is 4.57 Å². The summed E-state index contributed by atoms with van der Waals surface area (Å²) in [7, 11) is 1.48. The van der Waals surface area contributed by atoms with E-state index in [1.54, 1.807) is 31.2 Å². The molecule has 0 aliphatic rings. The number of methoxy groups -OCH3 is 1. The first-order valence-corrected chi connectivity index (χ1v) is 8.56. The number of halogens is 1. The van der Waals surface area contributed by atoms with E-state index in [4.69, 9.17) is 9.47 Å². The van der Waals surface area contributed by atoms with Gasteiger partial charge in [0.25, 0.3) is 5.56 Å². The van der Waals surface area contributed by atoms with Crippen LogP contribution in [0.1, 0.15) is 12.6 Å². The van der Waals surface area contributed by atoms with Gasteiger partial charge in [-0.25, -0.2) is 4.39 Å². The zero-order chi connectivity index (χ0) is 20.3. The van der Waals surface area contributed by atoms with Crippen molar-refractivity contribution in [3.63, 3.8) is 0 Å². The normalized spacial score (nSPS) is 10.5. The lowest BCUT2D eigenvalue weighted by atomic mass is 9.96. The van der Waals surface area contributed by atoms with Gasteiger partial charge in [-0.05, 0) is 42.8 Å². The van der Waals surface area contributed by atoms with Gasteiger partial charge in [0.2, 0.25) is 0 Å². The van der Waals surface area contributed by atoms with E-state index in [2.05, 4.69) is 0 Å². The second-order valence-corrected chi connectivity index (χ2v) is 5.95. The second kappa shape index (κ2) is 7.92. The van der Waals surface area contributed by atoms with Gasteiger partial charge in [-0.1, -0.05) is 12.1 Å². The number of aromatic nitrogens is 1. The van der Waals surface area contributed by atoms with Crippen LogP contribution in [0.4, 0.5) is 4.39 Å². The molecular weight excluding hydrogens is 363 g/mol. The first-order valence-electron chi connectivity index (χ1n) is 8.56. The van der Waals surface area contributed by atoms with Crippen LogP contribution in [-0.2, 0) is 16.1 Å². The second-order valence-electron chi connectivity index (χ2n) is 5.95. The van der Waals surface area contributed by atoms with Gasteiger partial charge in [-0.2, -0.15) is 5.26 Å². The lowest BCUT2D eigenvalue weighted by molar-refractivity contribution is -0.143. The van der Waals surface area contributed by atoms with Crippen molar-refractivity contribution in [2.24, 2.45) is 0 Å². The zero-order valence-corrected chi connectivity index (χ0v) is 15.4. The van der Waals surface area contributed by atoms with E-state index in [-0.39, 0.29) is 17.7 Å². The standard InChI is InChI=1S/C21H17FN2O4/c1-3-28-19(25)12-24-18(11-23)20(13-5-4-6-14(22)9-13)17-10-15(27-2)7-8-16(17)21(24)26/h4-10H,3,12H2,1-2H3. The van der Waals surface area contributed by atoms with Gasteiger partial charge in [-0.3, -0.25) is 14.2 Å². The highest BCUT2D eigenvalue weighted by molar-refractivity contribution is 5.99. The molecule has 1 aromatic heterocycles. The van der Waals surface area contributed by atoms with Crippen molar-refractivity contribution in [2.45, 2.75) is 13.5 Å². The number of nitriles is 1. The number of hydrogen-bond donors (Lipinski definition) is 0. The minimum atomic E-state index is -0.640. The number of ether oxygens (including phenoxy) is 2. The minimum absolute atomic E-state index is 0.0515. The Morgan fingerprint density at radius 1 is 1.21 bits per heavy atom. The number of nitrogens with zero attached hydrogens (tertiary/aromatic N) is 2. The maximum absolute atomic E-state index is 13.9. The third-order valence-electron chi connectivity index (χ3n) is 4.29. The maximum Gasteiger partial charge on any atom is 0.326 e. The molecule has 6 nitrogen and oxygen atoms in total. The van der Waals surface area contributed by atoms with Crippen LogP contribution < -0.4 is 10.3 Å². The Bertz CT molecular complexity index is 1160. The molecular formula is C21H17FN2O4. The van der Waals surface area contributed by atoms with E-state index in [9.17, 15) is 19.2 Å². The Kier molecular flexibility index (Phi) is 5.41. The molecule has 0 N–H and O–H groups in total. The smallest absolute Gasteiger partial charge is 0.326 e. The fourth-order valence-corrected chi connectivity index (χ4v) is 3.09. The quantitative estimate of drug-likeness (QED) is 0.635. The fourth-order valence-electron chi connectivity index (χ4n) is 3.09. The summed E-state index contributed by atoms with van der Waals surface area (Å²) in [5, 5.41) is 10.5. The van der Waals surface area contributed by atoms with Crippen LogP contribution >= 0.6 is 0 Å². The molecule has 142 valence electrons. The third-order valence-corrected chi connectivity index (χ3v) is 4.29. The number of carbonyl (C=O) groups excluding carboxylic acids is 1. The summed E-state index contributed by atoms with van der Waals surface area (Å²) in [6.45, 7) is 1.38. The largest absolute Gasteiger partial charge is 0.497 e. The first-order chi connectivity index (χ1) is 13.5. The lowest BCUT2D eigenvalue weighted by Gasteiger charge is -2.16. The van der Waals surface area contributed by atoms with Crippen molar-refractivity contribution in [3.8, 4) is 22.9 Å². The van der Waals surface area contributed by atoms with Gasteiger partial charge in [0, 0.05) is 16.3 Å².